The molecule has 0 heterocycles. The molecule has 11 heteroatoms. The zero-order chi connectivity index (χ0) is 23.0. The summed E-state index contributed by atoms with van der Waals surface area (Å²) in [6.07, 6.45) is -3.97. The van der Waals surface area contributed by atoms with Crippen LogP contribution in [0.3, 0.4) is 0 Å². The van der Waals surface area contributed by atoms with Crippen LogP contribution >= 0.6 is 0 Å². The molecule has 8 nitrogen and oxygen atoms in total. The summed E-state index contributed by atoms with van der Waals surface area (Å²) in [5, 5.41) is 5.16. The van der Waals surface area contributed by atoms with Crippen molar-refractivity contribution in [2.45, 2.75) is 6.36 Å². The Hall–Kier alpha value is -4.02. The van der Waals surface area contributed by atoms with Gasteiger partial charge in [0.1, 0.15) is 11.4 Å². The number of halogens is 3. The number of benzene rings is 2. The number of ether oxygens (including phenoxy) is 3. The van der Waals surface area contributed by atoms with Crippen LogP contribution in [0.5, 0.6) is 5.75 Å². The van der Waals surface area contributed by atoms with Crippen molar-refractivity contribution in [3.8, 4) is 5.75 Å². The summed E-state index contributed by atoms with van der Waals surface area (Å²) >= 11 is 0. The maximum atomic E-state index is 12.7. The highest BCUT2D eigenvalue weighted by molar-refractivity contribution is 6.09. The maximum Gasteiger partial charge on any atom is 0.573 e. The number of nitrogens with one attached hydrogen (secondary N) is 2. The first kappa shape index (κ1) is 23.3. The Bertz CT molecular complexity index is 987. The lowest BCUT2D eigenvalue weighted by atomic mass is 10.1. The molecule has 0 atom stereocenters. The fourth-order valence-electron chi connectivity index (χ4n) is 2.31. The van der Waals surface area contributed by atoms with E-state index in [1.54, 1.807) is 12.1 Å². The van der Waals surface area contributed by atoms with E-state index >= 15 is 0 Å². The van der Waals surface area contributed by atoms with Gasteiger partial charge in [-0.15, -0.1) is 13.2 Å². The van der Waals surface area contributed by atoms with Gasteiger partial charge in [-0.25, -0.2) is 9.59 Å². The highest BCUT2D eigenvalue weighted by Gasteiger charge is 2.31. The second kappa shape index (κ2) is 10.1. The van der Waals surface area contributed by atoms with E-state index in [0.29, 0.717) is 0 Å². The van der Waals surface area contributed by atoms with Gasteiger partial charge in [0.15, 0.2) is 0 Å². The SMILES string of the molecule is COC(=O)/C=C(/Nc1ccccc1C(=O)Nc1ccc(OC(F)(F)F)cc1)C(=O)OC. The number of hydrogen-bond donors (Lipinski definition) is 2. The Balaban J connectivity index is 2.22. The quantitative estimate of drug-likeness (QED) is 0.504. The van der Waals surface area contributed by atoms with E-state index in [2.05, 4.69) is 24.8 Å². The standard InChI is InChI=1S/C20H17F3N2O6/c1-29-17(26)11-16(19(28)30-2)25-15-6-4-3-5-14(15)18(27)24-12-7-9-13(10-8-12)31-20(21,22)23/h3-11,25H,1-2H3,(H,24,27)/b16-11+. The Morgan fingerprint density at radius 2 is 1.55 bits per heavy atom. The molecule has 31 heavy (non-hydrogen) atoms. The van der Waals surface area contributed by atoms with E-state index < -0.39 is 30.0 Å². The summed E-state index contributed by atoms with van der Waals surface area (Å²) in [5.74, 6) is -2.77. The number of carbonyl (C=O) groups excluding carboxylic acids is 3. The topological polar surface area (TPSA) is 103 Å². The zero-order valence-electron chi connectivity index (χ0n) is 16.3. The molecule has 0 aliphatic heterocycles. The number of rotatable bonds is 7. The number of carbonyl (C=O) groups is 3. The Morgan fingerprint density at radius 1 is 0.903 bits per heavy atom. The smallest absolute Gasteiger partial charge is 0.466 e. The van der Waals surface area contributed by atoms with E-state index in [4.69, 9.17) is 0 Å². The van der Waals surface area contributed by atoms with E-state index in [9.17, 15) is 27.6 Å². The van der Waals surface area contributed by atoms with Crippen LogP contribution in [-0.2, 0) is 19.1 Å². The van der Waals surface area contributed by atoms with Gasteiger partial charge in [-0.2, -0.15) is 0 Å². The van der Waals surface area contributed by atoms with Crippen LogP contribution in [0.4, 0.5) is 24.5 Å². The lowest BCUT2D eigenvalue weighted by molar-refractivity contribution is -0.274. The van der Waals surface area contributed by atoms with Crippen LogP contribution in [0.1, 0.15) is 10.4 Å². The molecule has 0 saturated carbocycles. The fourth-order valence-corrected chi connectivity index (χ4v) is 2.31. The summed E-state index contributed by atoms with van der Waals surface area (Å²) in [6.45, 7) is 0. The van der Waals surface area contributed by atoms with Gasteiger partial charge < -0.3 is 24.8 Å². The van der Waals surface area contributed by atoms with Crippen molar-refractivity contribution in [1.29, 1.82) is 0 Å². The molecule has 0 radical (unpaired) electrons. The molecule has 0 bridgehead atoms. The minimum Gasteiger partial charge on any atom is -0.466 e. The Morgan fingerprint density at radius 3 is 2.13 bits per heavy atom. The molecule has 1 amide bonds. The van der Waals surface area contributed by atoms with Crippen molar-refractivity contribution in [3.63, 3.8) is 0 Å². The van der Waals surface area contributed by atoms with Gasteiger partial charge in [-0.05, 0) is 36.4 Å². The molecule has 2 N–H and O–H groups in total. The number of alkyl halides is 3. The summed E-state index contributed by atoms with van der Waals surface area (Å²) in [4.78, 5) is 36.1. The molecular formula is C20H17F3N2O6. The third-order valence-corrected chi connectivity index (χ3v) is 3.66. The number of anilines is 2. The highest BCUT2D eigenvalue weighted by atomic mass is 19.4. The lowest BCUT2D eigenvalue weighted by Gasteiger charge is -2.14. The normalized spacial score (nSPS) is 11.3. The van der Waals surface area contributed by atoms with Crippen LogP contribution in [0.15, 0.2) is 60.3 Å². The van der Waals surface area contributed by atoms with Crippen LogP contribution in [0.2, 0.25) is 0 Å². The van der Waals surface area contributed by atoms with Gasteiger partial charge in [0.05, 0.1) is 31.5 Å². The average Bonchev–Trinajstić information content (AvgIpc) is 2.73. The third-order valence-electron chi connectivity index (χ3n) is 3.66. The van der Waals surface area contributed by atoms with Gasteiger partial charge in [0, 0.05) is 5.69 Å². The molecule has 0 unspecified atom stereocenters. The van der Waals surface area contributed by atoms with Crippen LogP contribution < -0.4 is 15.4 Å². The second-order valence-corrected chi connectivity index (χ2v) is 5.77. The van der Waals surface area contributed by atoms with Crippen molar-refractivity contribution in [2.75, 3.05) is 24.9 Å². The van der Waals surface area contributed by atoms with Crippen molar-refractivity contribution < 1.29 is 41.8 Å². The molecule has 0 aliphatic carbocycles. The highest BCUT2D eigenvalue weighted by Crippen LogP contribution is 2.25. The molecule has 0 spiro atoms. The molecule has 0 aromatic heterocycles. The summed E-state index contributed by atoms with van der Waals surface area (Å²) < 4.78 is 49.6. The first-order valence-electron chi connectivity index (χ1n) is 8.54. The number of para-hydroxylation sites is 1. The summed E-state index contributed by atoms with van der Waals surface area (Å²) in [6, 6.07) is 10.6. The molecule has 0 saturated heterocycles. The lowest BCUT2D eigenvalue weighted by Crippen LogP contribution is -2.19. The van der Waals surface area contributed by atoms with E-state index in [0.717, 1.165) is 32.4 Å². The maximum absolute atomic E-state index is 12.7. The molecule has 0 aliphatic rings. The zero-order valence-corrected chi connectivity index (χ0v) is 16.3. The molecule has 2 aromatic carbocycles. The summed E-state index contributed by atoms with van der Waals surface area (Å²) in [5.41, 5.74) is 0.172. The Labute approximate surface area is 174 Å². The van der Waals surface area contributed by atoms with Crippen LogP contribution in [0, 0.1) is 0 Å². The number of amides is 1. The minimum atomic E-state index is -4.83. The third kappa shape index (κ3) is 7.07. The number of esters is 2. The van der Waals surface area contributed by atoms with Gasteiger partial charge in [0.25, 0.3) is 5.91 Å². The van der Waals surface area contributed by atoms with Crippen molar-refractivity contribution in [1.82, 2.24) is 0 Å². The van der Waals surface area contributed by atoms with Gasteiger partial charge in [-0.3, -0.25) is 4.79 Å². The summed E-state index contributed by atoms with van der Waals surface area (Å²) in [7, 11) is 2.24. The van der Waals surface area contributed by atoms with Gasteiger partial charge in [0.2, 0.25) is 0 Å². The van der Waals surface area contributed by atoms with E-state index in [-0.39, 0.29) is 22.6 Å². The van der Waals surface area contributed by atoms with Crippen molar-refractivity contribution in [2.24, 2.45) is 0 Å². The monoisotopic (exact) mass is 438 g/mol. The second-order valence-electron chi connectivity index (χ2n) is 5.77. The van der Waals surface area contributed by atoms with Crippen molar-refractivity contribution >= 4 is 29.2 Å². The average molecular weight is 438 g/mol. The van der Waals surface area contributed by atoms with Gasteiger partial charge >= 0.3 is 18.3 Å². The predicted molar refractivity (Wildman–Crippen MR) is 103 cm³/mol. The molecule has 0 fully saturated rings. The Kier molecular flexibility index (Phi) is 7.61. The fraction of sp³-hybridized carbons (Fsp3) is 0.150. The van der Waals surface area contributed by atoms with Crippen molar-refractivity contribution in [3.05, 3.63) is 65.9 Å². The van der Waals surface area contributed by atoms with Crippen LogP contribution in [-0.4, -0.2) is 38.4 Å². The van der Waals surface area contributed by atoms with E-state index in [1.165, 1.54) is 24.3 Å². The predicted octanol–water partition coefficient (Wildman–Crippen LogP) is 3.48. The van der Waals surface area contributed by atoms with E-state index in [1.807, 2.05) is 0 Å². The number of methoxy groups -OCH3 is 2. The van der Waals surface area contributed by atoms with Gasteiger partial charge in [-0.1, -0.05) is 12.1 Å². The molecule has 2 rings (SSSR count). The first-order chi connectivity index (χ1) is 14.6. The van der Waals surface area contributed by atoms with Crippen LogP contribution in [0.25, 0.3) is 0 Å². The molecule has 2 aromatic rings. The molecular weight excluding hydrogens is 421 g/mol. The first-order valence-corrected chi connectivity index (χ1v) is 8.54. The largest absolute Gasteiger partial charge is 0.573 e. The minimum absolute atomic E-state index is 0.0813. The number of hydrogen-bond acceptors (Lipinski definition) is 7. The molecule has 164 valence electrons.